The monoisotopic (exact) mass is 402 g/mol. The Kier molecular flexibility index (Phi) is 6.42. The van der Waals surface area contributed by atoms with E-state index in [1.807, 2.05) is 6.92 Å². The third kappa shape index (κ3) is 4.22. The number of likely N-dealkylation sites (tertiary alicyclic amines) is 1. The molecule has 0 bridgehead atoms. The molecule has 0 spiro atoms. The highest BCUT2D eigenvalue weighted by Crippen LogP contribution is 2.33. The number of urea groups is 1. The number of carbonyl (C=O) groups is 3. The first-order valence-corrected chi connectivity index (χ1v) is 10.2. The van der Waals surface area contributed by atoms with Gasteiger partial charge >= 0.3 is 6.03 Å². The fourth-order valence-electron chi connectivity index (χ4n) is 4.10. The number of piperidine rings is 1. The van der Waals surface area contributed by atoms with Crippen molar-refractivity contribution in [2.75, 3.05) is 33.3 Å². The first-order valence-electron chi connectivity index (χ1n) is 10.2. The van der Waals surface area contributed by atoms with Crippen LogP contribution in [0.5, 0.6) is 5.75 Å². The second-order valence-electron chi connectivity index (χ2n) is 7.58. The van der Waals surface area contributed by atoms with Crippen LogP contribution in [-0.4, -0.2) is 67.0 Å². The smallest absolute Gasteiger partial charge is 0.325 e. The SMILES string of the molecule is CCN1CCC(NC(=O)CN2C(=O)NC(CC)(c3ccc(OC)cc3)C2=O)CC1. The average molecular weight is 402 g/mol. The maximum Gasteiger partial charge on any atom is 0.325 e. The van der Waals surface area contributed by atoms with Crippen LogP contribution in [0.15, 0.2) is 24.3 Å². The molecular formula is C21H30N4O4. The molecule has 1 aromatic rings. The van der Waals surface area contributed by atoms with Crippen LogP contribution in [-0.2, 0) is 15.1 Å². The molecule has 2 heterocycles. The van der Waals surface area contributed by atoms with Crippen LogP contribution in [0.2, 0.25) is 0 Å². The number of methoxy groups -OCH3 is 1. The van der Waals surface area contributed by atoms with Crippen molar-refractivity contribution in [3.63, 3.8) is 0 Å². The number of ether oxygens (including phenoxy) is 1. The van der Waals surface area contributed by atoms with Gasteiger partial charge in [-0.1, -0.05) is 26.0 Å². The van der Waals surface area contributed by atoms with Crippen molar-refractivity contribution in [3.05, 3.63) is 29.8 Å². The number of rotatable bonds is 7. The van der Waals surface area contributed by atoms with E-state index >= 15 is 0 Å². The van der Waals surface area contributed by atoms with Crippen molar-refractivity contribution >= 4 is 17.8 Å². The molecule has 1 unspecified atom stereocenters. The van der Waals surface area contributed by atoms with Crippen LogP contribution >= 0.6 is 0 Å². The lowest BCUT2D eigenvalue weighted by Crippen LogP contribution is -2.49. The van der Waals surface area contributed by atoms with Crippen molar-refractivity contribution in [1.82, 2.24) is 20.4 Å². The topological polar surface area (TPSA) is 91.0 Å². The Balaban J connectivity index is 1.66. The van der Waals surface area contributed by atoms with Crippen LogP contribution < -0.4 is 15.4 Å². The summed E-state index contributed by atoms with van der Waals surface area (Å²) in [6.07, 6.45) is 2.15. The Morgan fingerprint density at radius 3 is 2.41 bits per heavy atom. The Bertz CT molecular complexity index is 758. The van der Waals surface area contributed by atoms with Crippen molar-refractivity contribution in [3.8, 4) is 5.75 Å². The average Bonchev–Trinajstić information content (AvgIpc) is 2.99. The molecule has 2 aliphatic heterocycles. The van der Waals surface area contributed by atoms with Gasteiger partial charge in [0, 0.05) is 19.1 Å². The van der Waals surface area contributed by atoms with E-state index in [0.29, 0.717) is 17.7 Å². The summed E-state index contributed by atoms with van der Waals surface area (Å²) in [4.78, 5) is 41.6. The zero-order valence-corrected chi connectivity index (χ0v) is 17.4. The zero-order chi connectivity index (χ0) is 21.0. The van der Waals surface area contributed by atoms with Crippen molar-refractivity contribution in [2.24, 2.45) is 0 Å². The highest BCUT2D eigenvalue weighted by Gasteiger charge is 2.51. The van der Waals surface area contributed by atoms with Crippen LogP contribution in [0, 0.1) is 0 Å². The molecule has 2 fully saturated rings. The summed E-state index contributed by atoms with van der Waals surface area (Å²) in [7, 11) is 1.57. The number of imide groups is 1. The first kappa shape index (κ1) is 21.1. The molecule has 1 aromatic carbocycles. The molecule has 8 nitrogen and oxygen atoms in total. The van der Waals surface area contributed by atoms with Gasteiger partial charge < -0.3 is 20.3 Å². The number of hydrogen-bond donors (Lipinski definition) is 2. The van der Waals surface area contributed by atoms with E-state index in [1.165, 1.54) is 0 Å². The molecule has 3 rings (SSSR count). The van der Waals surface area contributed by atoms with Gasteiger partial charge in [-0.15, -0.1) is 0 Å². The minimum absolute atomic E-state index is 0.0867. The normalized spacial score (nSPS) is 23.2. The van der Waals surface area contributed by atoms with Crippen molar-refractivity contribution < 1.29 is 19.1 Å². The van der Waals surface area contributed by atoms with Gasteiger partial charge in [-0.2, -0.15) is 0 Å². The molecule has 0 aromatic heterocycles. The zero-order valence-electron chi connectivity index (χ0n) is 17.4. The minimum Gasteiger partial charge on any atom is -0.497 e. The summed E-state index contributed by atoms with van der Waals surface area (Å²) >= 11 is 0. The molecule has 0 aliphatic carbocycles. The number of nitrogens with zero attached hydrogens (tertiary/aromatic N) is 2. The second kappa shape index (κ2) is 8.82. The largest absolute Gasteiger partial charge is 0.497 e. The van der Waals surface area contributed by atoms with Gasteiger partial charge in [-0.25, -0.2) is 4.79 Å². The van der Waals surface area contributed by atoms with Crippen LogP contribution in [0.4, 0.5) is 4.79 Å². The lowest BCUT2D eigenvalue weighted by molar-refractivity contribution is -0.135. The Morgan fingerprint density at radius 2 is 1.86 bits per heavy atom. The van der Waals surface area contributed by atoms with Gasteiger partial charge in [0.2, 0.25) is 5.91 Å². The maximum absolute atomic E-state index is 13.2. The summed E-state index contributed by atoms with van der Waals surface area (Å²) in [5.41, 5.74) is -0.482. The van der Waals surface area contributed by atoms with E-state index in [2.05, 4.69) is 22.5 Å². The molecule has 2 N–H and O–H groups in total. The van der Waals surface area contributed by atoms with E-state index in [9.17, 15) is 14.4 Å². The fraction of sp³-hybridized carbons (Fsp3) is 0.571. The van der Waals surface area contributed by atoms with Gasteiger partial charge in [0.1, 0.15) is 17.8 Å². The van der Waals surface area contributed by atoms with E-state index in [4.69, 9.17) is 4.74 Å². The lowest BCUT2D eigenvalue weighted by atomic mass is 9.87. The minimum atomic E-state index is -1.16. The molecule has 2 aliphatic rings. The van der Waals surface area contributed by atoms with E-state index in [1.54, 1.807) is 31.4 Å². The highest BCUT2D eigenvalue weighted by atomic mass is 16.5. The number of carbonyl (C=O) groups excluding carboxylic acids is 3. The quantitative estimate of drug-likeness (QED) is 0.674. The second-order valence-corrected chi connectivity index (χ2v) is 7.58. The van der Waals surface area contributed by atoms with E-state index in [-0.39, 0.29) is 18.5 Å². The maximum atomic E-state index is 13.2. The molecular weight excluding hydrogens is 372 g/mol. The van der Waals surface area contributed by atoms with Gasteiger partial charge in [0.25, 0.3) is 5.91 Å². The van der Waals surface area contributed by atoms with Gasteiger partial charge in [0.15, 0.2) is 0 Å². The Morgan fingerprint density at radius 1 is 1.21 bits per heavy atom. The molecule has 0 radical (unpaired) electrons. The third-order valence-electron chi connectivity index (χ3n) is 5.99. The molecule has 29 heavy (non-hydrogen) atoms. The van der Waals surface area contributed by atoms with Crippen LogP contribution in [0.3, 0.4) is 0 Å². The fourth-order valence-corrected chi connectivity index (χ4v) is 4.10. The van der Waals surface area contributed by atoms with Crippen molar-refractivity contribution in [1.29, 1.82) is 0 Å². The first-order chi connectivity index (χ1) is 13.9. The number of amides is 4. The highest BCUT2D eigenvalue weighted by molar-refractivity contribution is 6.09. The molecule has 1 atom stereocenters. The van der Waals surface area contributed by atoms with Crippen molar-refractivity contribution in [2.45, 2.75) is 44.7 Å². The Hall–Kier alpha value is -2.61. The number of benzene rings is 1. The summed E-state index contributed by atoms with van der Waals surface area (Å²) in [6, 6.07) is 6.60. The van der Waals surface area contributed by atoms with E-state index in [0.717, 1.165) is 37.4 Å². The standard InChI is InChI=1S/C21H30N4O4/c1-4-21(15-6-8-17(29-3)9-7-15)19(27)25(20(28)23-21)14-18(26)22-16-10-12-24(5-2)13-11-16/h6-9,16H,4-5,10-14H2,1-3H3,(H,22,26)(H,23,28). The summed E-state index contributed by atoms with van der Waals surface area (Å²) in [5, 5.41) is 5.78. The molecule has 4 amide bonds. The van der Waals surface area contributed by atoms with Gasteiger partial charge in [-0.3, -0.25) is 14.5 Å². The van der Waals surface area contributed by atoms with Crippen LogP contribution in [0.25, 0.3) is 0 Å². The number of hydrogen-bond acceptors (Lipinski definition) is 5. The predicted octanol–water partition coefficient (Wildman–Crippen LogP) is 1.45. The predicted molar refractivity (Wildman–Crippen MR) is 108 cm³/mol. The van der Waals surface area contributed by atoms with Gasteiger partial charge in [0.05, 0.1) is 7.11 Å². The molecule has 158 valence electrons. The van der Waals surface area contributed by atoms with Gasteiger partial charge in [-0.05, 0) is 43.5 Å². The molecule has 0 saturated carbocycles. The summed E-state index contributed by atoms with van der Waals surface area (Å²) in [6.45, 7) is 6.60. The van der Waals surface area contributed by atoms with E-state index < -0.39 is 17.5 Å². The third-order valence-corrected chi connectivity index (χ3v) is 5.99. The Labute approximate surface area is 171 Å². The lowest BCUT2D eigenvalue weighted by Gasteiger charge is -2.31. The van der Waals surface area contributed by atoms with Crippen LogP contribution in [0.1, 0.15) is 38.7 Å². The molecule has 2 saturated heterocycles. The summed E-state index contributed by atoms with van der Waals surface area (Å²) < 4.78 is 5.17. The summed E-state index contributed by atoms with van der Waals surface area (Å²) in [5.74, 6) is -0.0293. The number of nitrogens with one attached hydrogen (secondary N) is 2. The molecule has 8 heteroatoms.